The van der Waals surface area contributed by atoms with Gasteiger partial charge in [0.05, 0.1) is 6.20 Å². The summed E-state index contributed by atoms with van der Waals surface area (Å²) < 4.78 is 22.2. The van der Waals surface area contributed by atoms with Crippen LogP contribution in [0.2, 0.25) is 0 Å². The molecule has 69 valence electrons. The van der Waals surface area contributed by atoms with E-state index in [2.05, 4.69) is 16.2 Å². The predicted octanol–water partition coefficient (Wildman–Crippen LogP) is -0.865. The molecule has 6 nitrogen and oxygen atoms in total. The van der Waals surface area contributed by atoms with Gasteiger partial charge in [-0.2, -0.15) is 0 Å². The Bertz CT molecular complexity index is 400. The molecule has 1 heterocycles. The number of rotatable bonds is 3. The van der Waals surface area contributed by atoms with E-state index < -0.39 is 26.7 Å². The van der Waals surface area contributed by atoms with Crippen LogP contribution in [0, 0.1) is 6.20 Å². The minimum Gasteiger partial charge on any atom is -0.480 e. The van der Waals surface area contributed by atoms with Crippen molar-refractivity contribution in [2.45, 2.75) is 5.16 Å². The van der Waals surface area contributed by atoms with E-state index in [0.717, 1.165) is 0 Å². The van der Waals surface area contributed by atoms with Crippen molar-refractivity contribution >= 4 is 15.8 Å². The highest BCUT2D eigenvalue weighted by Gasteiger charge is 2.21. The highest BCUT2D eigenvalue weighted by atomic mass is 32.2. The molecule has 1 aromatic rings. The maximum Gasteiger partial charge on any atom is 0.319 e. The Hall–Kier alpha value is -1.50. The summed E-state index contributed by atoms with van der Waals surface area (Å²) in [5, 5.41) is 7.75. The molecular formula is C6H5N2O4S. The maximum absolute atomic E-state index is 11.1. The summed E-state index contributed by atoms with van der Waals surface area (Å²) in [5.41, 5.74) is 0. The van der Waals surface area contributed by atoms with Crippen LogP contribution in [-0.4, -0.2) is 35.2 Å². The Morgan fingerprint density at radius 3 is 2.77 bits per heavy atom. The molecule has 0 aliphatic rings. The molecule has 0 spiro atoms. The van der Waals surface area contributed by atoms with Crippen LogP contribution >= 0.6 is 0 Å². The first-order chi connectivity index (χ1) is 6.02. The lowest BCUT2D eigenvalue weighted by Gasteiger charge is -1.96. The van der Waals surface area contributed by atoms with Gasteiger partial charge in [-0.25, -0.2) is 18.4 Å². The van der Waals surface area contributed by atoms with Crippen molar-refractivity contribution in [1.82, 2.24) is 9.97 Å². The lowest BCUT2D eigenvalue weighted by atomic mass is 10.7. The van der Waals surface area contributed by atoms with Crippen LogP contribution in [0.15, 0.2) is 17.4 Å². The summed E-state index contributed by atoms with van der Waals surface area (Å²) in [6.45, 7) is 0. The van der Waals surface area contributed by atoms with Crippen molar-refractivity contribution in [3.8, 4) is 0 Å². The van der Waals surface area contributed by atoms with Gasteiger partial charge in [0.2, 0.25) is 15.0 Å². The molecule has 7 heteroatoms. The number of hydrogen-bond donors (Lipinski definition) is 1. The monoisotopic (exact) mass is 201 g/mol. The second-order valence-electron chi connectivity index (χ2n) is 2.12. The molecule has 1 rings (SSSR count). The van der Waals surface area contributed by atoms with E-state index in [1.807, 2.05) is 0 Å². The standard InChI is InChI=1S/C6H5N2O4S/c9-5(10)4-13(11,12)6-7-2-1-3-8-6/h1-2H,4H2,(H,9,10). The van der Waals surface area contributed by atoms with Gasteiger partial charge in [-0.3, -0.25) is 4.79 Å². The van der Waals surface area contributed by atoms with Crippen LogP contribution in [-0.2, 0) is 14.6 Å². The zero-order valence-corrected chi connectivity index (χ0v) is 7.15. The second-order valence-corrected chi connectivity index (χ2v) is 4.00. The first kappa shape index (κ1) is 9.59. The zero-order valence-electron chi connectivity index (χ0n) is 6.34. The van der Waals surface area contributed by atoms with E-state index in [1.165, 1.54) is 12.3 Å². The highest BCUT2D eigenvalue weighted by Crippen LogP contribution is 2.01. The lowest BCUT2D eigenvalue weighted by molar-refractivity contribution is -0.134. The molecule has 0 saturated carbocycles. The van der Waals surface area contributed by atoms with Crippen molar-refractivity contribution in [2.75, 3.05) is 5.75 Å². The normalized spacial score (nSPS) is 11.1. The average Bonchev–Trinajstić information content (AvgIpc) is 2.04. The molecule has 0 aliphatic heterocycles. The minimum atomic E-state index is -3.91. The van der Waals surface area contributed by atoms with E-state index in [0.29, 0.717) is 0 Å². The van der Waals surface area contributed by atoms with Crippen molar-refractivity contribution in [1.29, 1.82) is 0 Å². The Balaban J connectivity index is 3.02. The van der Waals surface area contributed by atoms with E-state index >= 15 is 0 Å². The van der Waals surface area contributed by atoms with Gasteiger partial charge < -0.3 is 5.11 Å². The van der Waals surface area contributed by atoms with Gasteiger partial charge in [0.25, 0.3) is 0 Å². The number of nitrogens with zero attached hydrogens (tertiary/aromatic N) is 2. The number of hydrogen-bond acceptors (Lipinski definition) is 5. The Morgan fingerprint density at radius 1 is 1.62 bits per heavy atom. The van der Waals surface area contributed by atoms with Gasteiger partial charge in [0.1, 0.15) is 0 Å². The summed E-state index contributed by atoms with van der Waals surface area (Å²) in [6.07, 6.45) is 3.44. The van der Waals surface area contributed by atoms with Crippen LogP contribution in [0.5, 0.6) is 0 Å². The molecule has 1 N–H and O–H groups in total. The second kappa shape index (κ2) is 3.48. The topological polar surface area (TPSA) is 97.2 Å². The average molecular weight is 201 g/mol. The molecule has 0 aliphatic carbocycles. The van der Waals surface area contributed by atoms with Crippen LogP contribution in [0.25, 0.3) is 0 Å². The molecule has 0 atom stereocenters. The molecule has 13 heavy (non-hydrogen) atoms. The molecule has 0 bridgehead atoms. The molecular weight excluding hydrogens is 196 g/mol. The summed E-state index contributed by atoms with van der Waals surface area (Å²) in [5.74, 6) is -2.45. The van der Waals surface area contributed by atoms with Gasteiger partial charge in [-0.05, 0) is 6.07 Å². The van der Waals surface area contributed by atoms with E-state index in [-0.39, 0.29) is 0 Å². The molecule has 0 unspecified atom stereocenters. The number of sulfone groups is 1. The summed E-state index contributed by atoms with van der Waals surface area (Å²) in [7, 11) is -3.91. The number of aliphatic carboxylic acids is 1. The van der Waals surface area contributed by atoms with Crippen molar-refractivity contribution < 1.29 is 18.3 Å². The molecule has 0 amide bonds. The first-order valence-corrected chi connectivity index (χ1v) is 4.81. The molecule has 0 saturated heterocycles. The van der Waals surface area contributed by atoms with Crippen LogP contribution in [0.3, 0.4) is 0 Å². The number of carbonyl (C=O) groups is 1. The lowest BCUT2D eigenvalue weighted by Crippen LogP contribution is -2.17. The fourth-order valence-corrected chi connectivity index (χ4v) is 1.50. The number of aromatic nitrogens is 2. The number of carboxylic acids is 1. The third-order valence-electron chi connectivity index (χ3n) is 1.09. The quantitative estimate of drug-likeness (QED) is 0.639. The predicted molar refractivity (Wildman–Crippen MR) is 40.6 cm³/mol. The van der Waals surface area contributed by atoms with Crippen molar-refractivity contribution in [3.05, 3.63) is 18.5 Å². The van der Waals surface area contributed by atoms with Gasteiger partial charge >= 0.3 is 5.97 Å². The van der Waals surface area contributed by atoms with Gasteiger partial charge in [-0.1, -0.05) is 0 Å². The zero-order chi connectivity index (χ0) is 9.90. The maximum atomic E-state index is 11.1. The Morgan fingerprint density at radius 2 is 2.31 bits per heavy atom. The molecule has 1 aromatic heterocycles. The highest BCUT2D eigenvalue weighted by molar-refractivity contribution is 7.91. The van der Waals surface area contributed by atoms with Crippen molar-refractivity contribution in [3.63, 3.8) is 0 Å². The SMILES string of the molecule is O=C(O)CS(=O)(=O)c1n[c]ccn1. The summed E-state index contributed by atoms with van der Waals surface area (Å²) in [4.78, 5) is 16.9. The summed E-state index contributed by atoms with van der Waals surface area (Å²) in [6, 6.07) is 1.32. The van der Waals surface area contributed by atoms with Crippen LogP contribution < -0.4 is 0 Å². The van der Waals surface area contributed by atoms with Gasteiger partial charge in [0.15, 0.2) is 5.75 Å². The van der Waals surface area contributed by atoms with Gasteiger partial charge in [0, 0.05) is 6.20 Å². The Labute approximate surface area is 74.2 Å². The fraction of sp³-hybridized carbons (Fsp3) is 0.167. The molecule has 0 fully saturated rings. The van der Waals surface area contributed by atoms with Crippen molar-refractivity contribution in [2.24, 2.45) is 0 Å². The van der Waals surface area contributed by atoms with Crippen LogP contribution in [0.1, 0.15) is 0 Å². The van der Waals surface area contributed by atoms with E-state index in [9.17, 15) is 13.2 Å². The third kappa shape index (κ3) is 2.48. The minimum absolute atomic E-state index is 0.516. The first-order valence-electron chi connectivity index (χ1n) is 3.16. The van der Waals surface area contributed by atoms with E-state index in [4.69, 9.17) is 5.11 Å². The van der Waals surface area contributed by atoms with Gasteiger partial charge in [-0.15, -0.1) is 0 Å². The fourth-order valence-electron chi connectivity index (χ4n) is 0.633. The molecule has 0 aromatic carbocycles. The molecule has 1 radical (unpaired) electrons. The Kier molecular flexibility index (Phi) is 2.57. The van der Waals surface area contributed by atoms with Crippen LogP contribution in [0.4, 0.5) is 0 Å². The largest absolute Gasteiger partial charge is 0.480 e. The third-order valence-corrected chi connectivity index (χ3v) is 2.47. The summed E-state index contributed by atoms with van der Waals surface area (Å²) >= 11 is 0. The number of carboxylic acid groups (broad SMARTS) is 1. The van der Waals surface area contributed by atoms with E-state index in [1.54, 1.807) is 0 Å². The smallest absolute Gasteiger partial charge is 0.319 e.